The summed E-state index contributed by atoms with van der Waals surface area (Å²) in [6.07, 6.45) is 1.58. The quantitative estimate of drug-likeness (QED) is 0.842. The molecular formula is C12H18N4. The van der Waals surface area contributed by atoms with Crippen LogP contribution in [0.25, 0.3) is 0 Å². The summed E-state index contributed by atoms with van der Waals surface area (Å²) < 4.78 is 0. The van der Waals surface area contributed by atoms with Gasteiger partial charge in [0.25, 0.3) is 0 Å². The average molecular weight is 218 g/mol. The third-order valence-corrected chi connectivity index (χ3v) is 2.92. The normalized spacial score (nSPS) is 12.2. The van der Waals surface area contributed by atoms with Gasteiger partial charge in [0.15, 0.2) is 0 Å². The topological polar surface area (TPSA) is 65.9 Å². The van der Waals surface area contributed by atoms with Gasteiger partial charge in [-0.1, -0.05) is 13.8 Å². The fraction of sp³-hybridized carbons (Fsp3) is 0.500. The summed E-state index contributed by atoms with van der Waals surface area (Å²) in [5.41, 5.74) is 6.65. The van der Waals surface area contributed by atoms with Gasteiger partial charge in [-0.05, 0) is 18.9 Å². The van der Waals surface area contributed by atoms with Crippen LogP contribution in [0.4, 0.5) is 11.5 Å². The lowest BCUT2D eigenvalue weighted by molar-refractivity contribution is 0.502. The monoisotopic (exact) mass is 218 g/mol. The molecule has 0 aliphatic carbocycles. The van der Waals surface area contributed by atoms with Gasteiger partial charge in [-0.25, -0.2) is 4.98 Å². The van der Waals surface area contributed by atoms with Gasteiger partial charge >= 0.3 is 0 Å². The number of pyridine rings is 1. The van der Waals surface area contributed by atoms with Gasteiger partial charge in [0, 0.05) is 13.1 Å². The minimum Gasteiger partial charge on any atom is -0.397 e. The van der Waals surface area contributed by atoms with Crippen LogP contribution in [0.5, 0.6) is 0 Å². The Kier molecular flexibility index (Phi) is 3.73. The number of nitrogens with zero attached hydrogens (tertiary/aromatic N) is 3. The summed E-state index contributed by atoms with van der Waals surface area (Å²) in [5, 5.41) is 9.04. The molecule has 0 radical (unpaired) electrons. The van der Waals surface area contributed by atoms with E-state index in [9.17, 15) is 0 Å². The molecule has 0 aliphatic heterocycles. The Morgan fingerprint density at radius 3 is 2.56 bits per heavy atom. The highest BCUT2D eigenvalue weighted by atomic mass is 15.2. The maximum atomic E-state index is 9.04. The van der Waals surface area contributed by atoms with Crippen LogP contribution in [0.2, 0.25) is 0 Å². The van der Waals surface area contributed by atoms with E-state index in [0.29, 0.717) is 29.0 Å². The minimum absolute atomic E-state index is 0.322. The SMILES string of the molecule is CC(C)C(C)N(C)c1ncc(N)cc1C#N. The van der Waals surface area contributed by atoms with E-state index in [2.05, 4.69) is 31.8 Å². The molecule has 0 saturated carbocycles. The predicted octanol–water partition coefficient (Wildman–Crippen LogP) is 2.02. The zero-order valence-corrected chi connectivity index (χ0v) is 10.2. The van der Waals surface area contributed by atoms with Gasteiger partial charge in [-0.2, -0.15) is 5.26 Å². The third kappa shape index (κ3) is 2.43. The van der Waals surface area contributed by atoms with Crippen molar-refractivity contribution in [1.82, 2.24) is 4.98 Å². The van der Waals surface area contributed by atoms with Crippen LogP contribution < -0.4 is 10.6 Å². The van der Waals surface area contributed by atoms with Crippen LogP contribution in [0, 0.1) is 17.2 Å². The highest BCUT2D eigenvalue weighted by Gasteiger charge is 2.17. The second-order valence-corrected chi connectivity index (χ2v) is 4.35. The molecule has 16 heavy (non-hydrogen) atoms. The molecule has 1 aromatic heterocycles. The van der Waals surface area contributed by atoms with Crippen LogP contribution in [0.3, 0.4) is 0 Å². The van der Waals surface area contributed by atoms with Crippen molar-refractivity contribution in [2.45, 2.75) is 26.8 Å². The largest absolute Gasteiger partial charge is 0.397 e. The molecule has 4 nitrogen and oxygen atoms in total. The summed E-state index contributed by atoms with van der Waals surface area (Å²) >= 11 is 0. The molecule has 2 N–H and O–H groups in total. The van der Waals surface area contributed by atoms with Gasteiger partial charge in [-0.3, -0.25) is 0 Å². The lowest BCUT2D eigenvalue weighted by atomic mass is 10.0. The molecule has 1 aromatic rings. The van der Waals surface area contributed by atoms with E-state index in [1.165, 1.54) is 0 Å². The molecule has 86 valence electrons. The molecule has 0 aliphatic rings. The van der Waals surface area contributed by atoms with Crippen molar-refractivity contribution in [3.8, 4) is 6.07 Å². The van der Waals surface area contributed by atoms with E-state index in [4.69, 9.17) is 11.0 Å². The third-order valence-electron chi connectivity index (χ3n) is 2.92. The maximum absolute atomic E-state index is 9.04. The number of rotatable bonds is 3. The van der Waals surface area contributed by atoms with Crippen molar-refractivity contribution in [3.05, 3.63) is 17.8 Å². The first-order chi connectivity index (χ1) is 7.47. The number of nitrogens with two attached hydrogens (primary N) is 1. The molecule has 0 spiro atoms. The fourth-order valence-corrected chi connectivity index (χ4v) is 1.48. The minimum atomic E-state index is 0.322. The molecule has 4 heteroatoms. The first kappa shape index (κ1) is 12.3. The summed E-state index contributed by atoms with van der Waals surface area (Å²) in [5.74, 6) is 1.19. The van der Waals surface area contributed by atoms with E-state index in [0.717, 1.165) is 0 Å². The highest BCUT2D eigenvalue weighted by molar-refractivity contribution is 5.58. The lowest BCUT2D eigenvalue weighted by Gasteiger charge is -2.29. The maximum Gasteiger partial charge on any atom is 0.146 e. The van der Waals surface area contributed by atoms with Gasteiger partial charge in [0.05, 0.1) is 17.4 Å². The molecule has 0 fully saturated rings. The fourth-order valence-electron chi connectivity index (χ4n) is 1.48. The second kappa shape index (κ2) is 4.84. The summed E-state index contributed by atoms with van der Waals surface area (Å²) in [6, 6.07) is 4.11. The summed E-state index contributed by atoms with van der Waals surface area (Å²) in [4.78, 5) is 6.25. The molecule has 1 rings (SSSR count). The first-order valence-electron chi connectivity index (χ1n) is 5.35. The van der Waals surface area contributed by atoms with E-state index < -0.39 is 0 Å². The van der Waals surface area contributed by atoms with E-state index in [1.807, 2.05) is 11.9 Å². The Hall–Kier alpha value is -1.76. The van der Waals surface area contributed by atoms with Gasteiger partial charge in [-0.15, -0.1) is 0 Å². The van der Waals surface area contributed by atoms with Crippen molar-refractivity contribution in [1.29, 1.82) is 5.26 Å². The van der Waals surface area contributed by atoms with Gasteiger partial charge in [0.1, 0.15) is 11.9 Å². The van der Waals surface area contributed by atoms with Gasteiger partial charge < -0.3 is 10.6 Å². The Bertz CT molecular complexity index is 406. The van der Waals surface area contributed by atoms with Crippen molar-refractivity contribution >= 4 is 11.5 Å². The van der Waals surface area contributed by atoms with Crippen LogP contribution in [0.15, 0.2) is 12.3 Å². The van der Waals surface area contributed by atoms with E-state index >= 15 is 0 Å². The molecular weight excluding hydrogens is 200 g/mol. The van der Waals surface area contributed by atoms with Crippen molar-refractivity contribution in [2.75, 3.05) is 17.7 Å². The van der Waals surface area contributed by atoms with Gasteiger partial charge in [0.2, 0.25) is 0 Å². The number of hydrogen-bond donors (Lipinski definition) is 1. The number of aromatic nitrogens is 1. The zero-order chi connectivity index (χ0) is 12.3. The van der Waals surface area contributed by atoms with Crippen LogP contribution >= 0.6 is 0 Å². The second-order valence-electron chi connectivity index (χ2n) is 4.35. The van der Waals surface area contributed by atoms with Crippen molar-refractivity contribution in [2.24, 2.45) is 5.92 Å². The lowest BCUT2D eigenvalue weighted by Crippen LogP contribution is -2.34. The smallest absolute Gasteiger partial charge is 0.146 e. The molecule has 0 aromatic carbocycles. The number of anilines is 2. The van der Waals surface area contributed by atoms with E-state index in [1.54, 1.807) is 12.3 Å². The Morgan fingerprint density at radius 1 is 1.44 bits per heavy atom. The number of nitriles is 1. The highest BCUT2D eigenvalue weighted by Crippen LogP contribution is 2.22. The van der Waals surface area contributed by atoms with Crippen molar-refractivity contribution in [3.63, 3.8) is 0 Å². The van der Waals surface area contributed by atoms with Crippen LogP contribution in [0.1, 0.15) is 26.3 Å². The van der Waals surface area contributed by atoms with Crippen molar-refractivity contribution < 1.29 is 0 Å². The van der Waals surface area contributed by atoms with Crippen LogP contribution in [-0.2, 0) is 0 Å². The number of hydrogen-bond acceptors (Lipinski definition) is 4. The molecule has 0 bridgehead atoms. The van der Waals surface area contributed by atoms with Crippen LogP contribution in [-0.4, -0.2) is 18.1 Å². The molecule has 0 amide bonds. The molecule has 1 heterocycles. The number of nitrogen functional groups attached to an aromatic ring is 1. The Balaban J connectivity index is 3.09. The molecule has 1 atom stereocenters. The summed E-state index contributed by atoms with van der Waals surface area (Å²) in [6.45, 7) is 6.40. The van der Waals surface area contributed by atoms with E-state index in [-0.39, 0.29) is 0 Å². The Morgan fingerprint density at radius 2 is 2.06 bits per heavy atom. The Labute approximate surface area is 96.7 Å². The molecule has 1 unspecified atom stereocenters. The first-order valence-corrected chi connectivity index (χ1v) is 5.35. The molecule has 0 saturated heterocycles. The zero-order valence-electron chi connectivity index (χ0n) is 10.2. The standard InChI is InChI=1S/C12H18N4/c1-8(2)9(3)16(4)12-10(6-13)5-11(14)7-15-12/h5,7-9H,14H2,1-4H3. The average Bonchev–Trinajstić information content (AvgIpc) is 2.26. The predicted molar refractivity (Wildman–Crippen MR) is 66.1 cm³/mol. The summed E-state index contributed by atoms with van der Waals surface area (Å²) in [7, 11) is 1.95.